The Morgan fingerprint density at radius 2 is 1.67 bits per heavy atom. The topological polar surface area (TPSA) is 26.0 Å². The van der Waals surface area contributed by atoms with Crippen LogP contribution in [0.3, 0.4) is 0 Å². The largest absolute Gasteiger partial charge is 0.333 e. The molecule has 1 nitrogen and oxygen atoms in total. The Labute approximate surface area is 75.6 Å². The Kier molecular flexibility index (Phi) is 7.71. The quantitative estimate of drug-likeness (QED) is 0.732. The maximum Gasteiger partial charge on any atom is -0.0195 e. The number of aryl methyl sites for hydroxylation is 1. The van der Waals surface area contributed by atoms with Crippen molar-refractivity contribution in [2.45, 2.75) is 26.2 Å². The first-order valence-corrected chi connectivity index (χ1v) is 4.55. The van der Waals surface area contributed by atoms with Gasteiger partial charge in [-0.05, 0) is 25.5 Å². The van der Waals surface area contributed by atoms with Crippen LogP contribution in [0.2, 0.25) is 0 Å². The molecular weight excluding hydrogens is 146 g/mol. The van der Waals surface area contributed by atoms with Gasteiger partial charge in [-0.3, -0.25) is 0 Å². The van der Waals surface area contributed by atoms with Crippen molar-refractivity contribution >= 4 is 0 Å². The van der Waals surface area contributed by atoms with Crippen LogP contribution in [-0.4, -0.2) is 7.05 Å². The molecule has 0 saturated carbocycles. The van der Waals surface area contributed by atoms with Crippen LogP contribution in [-0.2, 0) is 6.42 Å². The zero-order valence-corrected chi connectivity index (χ0v) is 8.09. The molecule has 0 unspecified atom stereocenters. The molecule has 0 spiro atoms. The summed E-state index contributed by atoms with van der Waals surface area (Å²) in [5.74, 6) is 0. The standard InChI is InChI=1S/C10H14.CH5N/c1-2-3-7-10-8-5-4-6-9-10;1-2/h4-6,8-9H,2-3,7H2,1H3;2H2,1H3. The van der Waals surface area contributed by atoms with Gasteiger partial charge < -0.3 is 5.73 Å². The number of nitrogens with two attached hydrogens (primary N) is 1. The van der Waals surface area contributed by atoms with Crippen molar-refractivity contribution in [2.75, 3.05) is 7.05 Å². The zero-order chi connectivity index (χ0) is 9.23. The van der Waals surface area contributed by atoms with E-state index in [4.69, 9.17) is 0 Å². The van der Waals surface area contributed by atoms with Crippen molar-refractivity contribution < 1.29 is 0 Å². The number of hydrogen-bond donors (Lipinski definition) is 1. The third-order valence-corrected chi connectivity index (χ3v) is 1.66. The average molecular weight is 165 g/mol. The van der Waals surface area contributed by atoms with Crippen molar-refractivity contribution in [2.24, 2.45) is 5.73 Å². The number of benzene rings is 1. The first kappa shape index (κ1) is 11.2. The summed E-state index contributed by atoms with van der Waals surface area (Å²) < 4.78 is 0. The monoisotopic (exact) mass is 165 g/mol. The van der Waals surface area contributed by atoms with Gasteiger partial charge in [0.05, 0.1) is 0 Å². The first-order chi connectivity index (χ1) is 5.93. The van der Waals surface area contributed by atoms with Crippen LogP contribution in [0.25, 0.3) is 0 Å². The SMILES string of the molecule is CCCCc1ccccc1.CN. The van der Waals surface area contributed by atoms with E-state index in [1.807, 2.05) is 0 Å². The van der Waals surface area contributed by atoms with Gasteiger partial charge in [0.25, 0.3) is 0 Å². The van der Waals surface area contributed by atoms with Crippen molar-refractivity contribution in [1.29, 1.82) is 0 Å². The Morgan fingerprint density at radius 1 is 1.08 bits per heavy atom. The van der Waals surface area contributed by atoms with Gasteiger partial charge in [0, 0.05) is 0 Å². The fourth-order valence-corrected chi connectivity index (χ4v) is 1.03. The highest BCUT2D eigenvalue weighted by molar-refractivity contribution is 5.14. The van der Waals surface area contributed by atoms with E-state index in [2.05, 4.69) is 43.0 Å². The second kappa shape index (κ2) is 8.28. The number of rotatable bonds is 3. The molecule has 0 aliphatic heterocycles. The van der Waals surface area contributed by atoms with Gasteiger partial charge in [0.1, 0.15) is 0 Å². The van der Waals surface area contributed by atoms with Gasteiger partial charge in [-0.1, -0.05) is 43.7 Å². The highest BCUT2D eigenvalue weighted by Crippen LogP contribution is 2.03. The molecule has 1 aromatic carbocycles. The molecular formula is C11H19N. The average Bonchev–Trinajstić information content (AvgIpc) is 2.19. The molecule has 1 aromatic rings. The maximum atomic E-state index is 4.50. The van der Waals surface area contributed by atoms with E-state index in [-0.39, 0.29) is 0 Å². The summed E-state index contributed by atoms with van der Waals surface area (Å²) >= 11 is 0. The van der Waals surface area contributed by atoms with Crippen LogP contribution in [0.5, 0.6) is 0 Å². The Morgan fingerprint density at radius 3 is 2.17 bits per heavy atom. The van der Waals surface area contributed by atoms with Gasteiger partial charge >= 0.3 is 0 Å². The third kappa shape index (κ3) is 4.91. The van der Waals surface area contributed by atoms with Crippen LogP contribution >= 0.6 is 0 Å². The van der Waals surface area contributed by atoms with E-state index in [1.54, 1.807) is 0 Å². The normalized spacial score (nSPS) is 8.58. The molecule has 0 bridgehead atoms. The van der Waals surface area contributed by atoms with E-state index >= 15 is 0 Å². The van der Waals surface area contributed by atoms with E-state index < -0.39 is 0 Å². The minimum absolute atomic E-state index is 1.23. The van der Waals surface area contributed by atoms with Crippen molar-refractivity contribution in [3.8, 4) is 0 Å². The van der Waals surface area contributed by atoms with Crippen molar-refractivity contribution in [1.82, 2.24) is 0 Å². The number of hydrogen-bond acceptors (Lipinski definition) is 1. The van der Waals surface area contributed by atoms with E-state index in [0.717, 1.165) is 0 Å². The maximum absolute atomic E-state index is 4.50. The zero-order valence-electron chi connectivity index (χ0n) is 8.09. The molecule has 2 N–H and O–H groups in total. The van der Waals surface area contributed by atoms with Crippen LogP contribution in [0.1, 0.15) is 25.3 Å². The van der Waals surface area contributed by atoms with Gasteiger partial charge in [-0.15, -0.1) is 0 Å². The third-order valence-electron chi connectivity index (χ3n) is 1.66. The van der Waals surface area contributed by atoms with Crippen LogP contribution in [0.15, 0.2) is 30.3 Å². The van der Waals surface area contributed by atoms with Gasteiger partial charge in [-0.25, -0.2) is 0 Å². The van der Waals surface area contributed by atoms with Crippen LogP contribution in [0, 0.1) is 0 Å². The lowest BCUT2D eigenvalue weighted by Crippen LogP contribution is -1.81. The molecule has 68 valence electrons. The summed E-state index contributed by atoms with van der Waals surface area (Å²) in [5, 5.41) is 0. The Bertz CT molecular complexity index is 170. The lowest BCUT2D eigenvalue weighted by atomic mass is 10.1. The highest BCUT2D eigenvalue weighted by Gasteiger charge is 1.87. The molecule has 1 heteroatoms. The molecule has 0 aliphatic rings. The fraction of sp³-hybridized carbons (Fsp3) is 0.455. The van der Waals surface area contributed by atoms with Crippen molar-refractivity contribution in [3.63, 3.8) is 0 Å². The molecule has 12 heavy (non-hydrogen) atoms. The van der Waals surface area contributed by atoms with Crippen molar-refractivity contribution in [3.05, 3.63) is 35.9 Å². The molecule has 0 fully saturated rings. The molecule has 0 aliphatic carbocycles. The van der Waals surface area contributed by atoms with Gasteiger partial charge in [-0.2, -0.15) is 0 Å². The second-order valence-corrected chi connectivity index (χ2v) is 2.59. The fourth-order valence-electron chi connectivity index (χ4n) is 1.03. The lowest BCUT2D eigenvalue weighted by Gasteiger charge is -1.96. The van der Waals surface area contributed by atoms with E-state index in [1.165, 1.54) is 31.9 Å². The molecule has 0 radical (unpaired) electrons. The Balaban J connectivity index is 0.000000561. The summed E-state index contributed by atoms with van der Waals surface area (Å²) in [6.07, 6.45) is 3.83. The number of unbranched alkanes of at least 4 members (excludes halogenated alkanes) is 1. The first-order valence-electron chi connectivity index (χ1n) is 4.55. The molecule has 0 atom stereocenters. The lowest BCUT2D eigenvalue weighted by molar-refractivity contribution is 0.795. The molecule has 1 rings (SSSR count). The Hall–Kier alpha value is -0.820. The molecule has 0 aromatic heterocycles. The highest BCUT2D eigenvalue weighted by atomic mass is 14.4. The van der Waals surface area contributed by atoms with Gasteiger partial charge in [0.15, 0.2) is 0 Å². The summed E-state index contributed by atoms with van der Waals surface area (Å²) in [6, 6.07) is 10.6. The smallest absolute Gasteiger partial charge is 0.0195 e. The summed E-state index contributed by atoms with van der Waals surface area (Å²) in [7, 11) is 1.50. The van der Waals surface area contributed by atoms with E-state index in [9.17, 15) is 0 Å². The molecule has 0 heterocycles. The predicted molar refractivity (Wildman–Crippen MR) is 55.2 cm³/mol. The molecule has 0 saturated heterocycles. The predicted octanol–water partition coefficient (Wildman–Crippen LogP) is 2.60. The second-order valence-electron chi connectivity index (χ2n) is 2.59. The van der Waals surface area contributed by atoms with Crippen LogP contribution in [0.4, 0.5) is 0 Å². The van der Waals surface area contributed by atoms with Gasteiger partial charge in [0.2, 0.25) is 0 Å². The molecule has 0 amide bonds. The van der Waals surface area contributed by atoms with E-state index in [0.29, 0.717) is 0 Å². The summed E-state index contributed by atoms with van der Waals surface area (Å²) in [4.78, 5) is 0. The summed E-state index contributed by atoms with van der Waals surface area (Å²) in [5.41, 5.74) is 5.96. The van der Waals surface area contributed by atoms with Crippen LogP contribution < -0.4 is 5.73 Å². The summed E-state index contributed by atoms with van der Waals surface area (Å²) in [6.45, 7) is 2.23. The minimum Gasteiger partial charge on any atom is -0.333 e. The minimum atomic E-state index is 1.23.